The first-order chi connectivity index (χ1) is 17.2. The Kier molecular flexibility index (Phi) is 6.04. The predicted molar refractivity (Wildman–Crippen MR) is 143 cm³/mol. The van der Waals surface area contributed by atoms with E-state index in [2.05, 4.69) is 41.4 Å². The Morgan fingerprint density at radius 1 is 1.08 bits per heavy atom. The standard InChI is InChI=1S/C30H30N2O4/c1-19-15-23(20(2)31-25-12-8-7-11-22(25)29(34)35)28-24(16-19)26(33)17-27(36-28)32-14-13-30(3,18-32)21-9-5-4-6-10-21/h4-12,15-17,20,31H,13-14,18H2,1-3H3,(H,34,35). The molecule has 2 unspecified atom stereocenters. The number of carboxylic acids is 1. The fourth-order valence-electron chi connectivity index (χ4n) is 5.23. The van der Waals surface area contributed by atoms with E-state index in [1.165, 1.54) is 5.56 Å². The van der Waals surface area contributed by atoms with Crippen LogP contribution in [0.2, 0.25) is 0 Å². The van der Waals surface area contributed by atoms with Crippen LogP contribution in [0.3, 0.4) is 0 Å². The molecule has 5 rings (SSSR count). The minimum atomic E-state index is -0.997. The lowest BCUT2D eigenvalue weighted by atomic mass is 9.82. The van der Waals surface area contributed by atoms with E-state index < -0.39 is 5.97 Å². The molecule has 0 aliphatic carbocycles. The highest BCUT2D eigenvalue weighted by molar-refractivity contribution is 5.94. The Balaban J connectivity index is 1.53. The number of aryl methyl sites for hydroxylation is 1. The van der Waals surface area contributed by atoms with Gasteiger partial charge in [0.05, 0.1) is 17.0 Å². The highest BCUT2D eigenvalue weighted by atomic mass is 16.4. The number of carbonyl (C=O) groups is 1. The Bertz CT molecular complexity index is 1490. The molecule has 0 bridgehead atoms. The van der Waals surface area contributed by atoms with Crippen molar-refractivity contribution in [3.8, 4) is 0 Å². The van der Waals surface area contributed by atoms with Gasteiger partial charge in [0.25, 0.3) is 0 Å². The van der Waals surface area contributed by atoms with E-state index in [1.54, 1.807) is 30.3 Å². The molecular formula is C30H30N2O4. The molecule has 0 radical (unpaired) electrons. The normalized spacial score (nSPS) is 18.4. The van der Waals surface area contributed by atoms with Crippen LogP contribution in [-0.4, -0.2) is 24.2 Å². The van der Waals surface area contributed by atoms with Crippen molar-refractivity contribution in [2.75, 3.05) is 23.3 Å². The summed E-state index contributed by atoms with van der Waals surface area (Å²) in [6, 6.07) is 22.4. The van der Waals surface area contributed by atoms with Crippen molar-refractivity contribution in [3.63, 3.8) is 0 Å². The molecule has 184 valence electrons. The van der Waals surface area contributed by atoms with E-state index in [0.29, 0.717) is 22.5 Å². The third-order valence-electron chi connectivity index (χ3n) is 7.24. The lowest BCUT2D eigenvalue weighted by Crippen LogP contribution is -2.28. The second-order valence-electron chi connectivity index (χ2n) is 9.99. The Morgan fingerprint density at radius 2 is 1.81 bits per heavy atom. The smallest absolute Gasteiger partial charge is 0.337 e. The molecule has 1 saturated heterocycles. The zero-order valence-corrected chi connectivity index (χ0v) is 20.7. The summed E-state index contributed by atoms with van der Waals surface area (Å²) in [5.74, 6) is -0.431. The molecule has 2 N–H and O–H groups in total. The molecule has 0 spiro atoms. The van der Waals surface area contributed by atoms with E-state index in [1.807, 2.05) is 32.0 Å². The summed E-state index contributed by atoms with van der Waals surface area (Å²) in [5, 5.41) is 13.4. The van der Waals surface area contributed by atoms with Crippen LogP contribution in [0.1, 0.15) is 53.4 Å². The van der Waals surface area contributed by atoms with Gasteiger partial charge in [0.1, 0.15) is 5.58 Å². The Morgan fingerprint density at radius 3 is 2.56 bits per heavy atom. The summed E-state index contributed by atoms with van der Waals surface area (Å²) in [6.45, 7) is 7.69. The average Bonchev–Trinajstić information content (AvgIpc) is 3.28. The number of aromatic carboxylic acids is 1. The van der Waals surface area contributed by atoms with E-state index in [9.17, 15) is 14.7 Å². The van der Waals surface area contributed by atoms with Crippen LogP contribution in [-0.2, 0) is 5.41 Å². The first kappa shape index (κ1) is 23.7. The molecule has 4 aromatic rings. The van der Waals surface area contributed by atoms with Gasteiger partial charge < -0.3 is 19.7 Å². The van der Waals surface area contributed by atoms with Gasteiger partial charge in [-0.3, -0.25) is 4.79 Å². The minimum Gasteiger partial charge on any atom is -0.478 e. The summed E-state index contributed by atoms with van der Waals surface area (Å²) in [5.41, 5.74) is 4.17. The van der Waals surface area contributed by atoms with Crippen molar-refractivity contribution in [2.24, 2.45) is 0 Å². The van der Waals surface area contributed by atoms with Crippen molar-refractivity contribution in [1.82, 2.24) is 0 Å². The zero-order valence-electron chi connectivity index (χ0n) is 20.7. The second kappa shape index (κ2) is 9.19. The van der Waals surface area contributed by atoms with Gasteiger partial charge in [-0.2, -0.15) is 0 Å². The highest BCUT2D eigenvalue weighted by Crippen LogP contribution is 2.37. The monoisotopic (exact) mass is 482 g/mol. The maximum Gasteiger partial charge on any atom is 0.337 e. The third kappa shape index (κ3) is 4.35. The fourth-order valence-corrected chi connectivity index (χ4v) is 5.23. The fraction of sp³-hybridized carbons (Fsp3) is 0.267. The van der Waals surface area contributed by atoms with Crippen LogP contribution in [0.5, 0.6) is 0 Å². The average molecular weight is 483 g/mol. The molecule has 2 atom stereocenters. The summed E-state index contributed by atoms with van der Waals surface area (Å²) >= 11 is 0. The molecule has 6 nitrogen and oxygen atoms in total. The maximum atomic E-state index is 13.2. The molecule has 1 aromatic heterocycles. The topological polar surface area (TPSA) is 82.8 Å². The number of rotatable bonds is 6. The number of carboxylic acid groups (broad SMARTS) is 1. The summed E-state index contributed by atoms with van der Waals surface area (Å²) in [6.07, 6.45) is 0.962. The predicted octanol–water partition coefficient (Wildman–Crippen LogP) is 6.14. The number of fused-ring (bicyclic) bond motifs is 1. The summed E-state index contributed by atoms with van der Waals surface area (Å²) < 4.78 is 6.45. The molecule has 3 aromatic carbocycles. The van der Waals surface area contributed by atoms with E-state index in [-0.39, 0.29) is 22.4 Å². The largest absolute Gasteiger partial charge is 0.478 e. The van der Waals surface area contributed by atoms with Gasteiger partial charge >= 0.3 is 5.97 Å². The summed E-state index contributed by atoms with van der Waals surface area (Å²) in [4.78, 5) is 27.1. The molecule has 0 amide bonds. The number of benzene rings is 3. The van der Waals surface area contributed by atoms with E-state index >= 15 is 0 Å². The van der Waals surface area contributed by atoms with Crippen LogP contribution in [0.15, 0.2) is 82.0 Å². The van der Waals surface area contributed by atoms with E-state index in [4.69, 9.17) is 4.42 Å². The number of hydrogen-bond donors (Lipinski definition) is 2. The van der Waals surface area contributed by atoms with Gasteiger partial charge in [-0.25, -0.2) is 4.79 Å². The first-order valence-corrected chi connectivity index (χ1v) is 12.2. The van der Waals surface area contributed by atoms with Crippen LogP contribution in [0.4, 0.5) is 11.6 Å². The van der Waals surface area contributed by atoms with E-state index in [0.717, 1.165) is 30.6 Å². The van der Waals surface area contributed by atoms with Crippen molar-refractivity contribution >= 4 is 28.5 Å². The number of para-hydroxylation sites is 1. The van der Waals surface area contributed by atoms with Crippen LogP contribution in [0, 0.1) is 6.92 Å². The van der Waals surface area contributed by atoms with Crippen molar-refractivity contribution < 1.29 is 14.3 Å². The van der Waals surface area contributed by atoms with Gasteiger partial charge in [-0.15, -0.1) is 0 Å². The van der Waals surface area contributed by atoms with Crippen molar-refractivity contribution in [3.05, 3.63) is 105 Å². The zero-order chi connectivity index (χ0) is 25.4. The van der Waals surface area contributed by atoms with Crippen molar-refractivity contribution in [2.45, 2.75) is 38.6 Å². The van der Waals surface area contributed by atoms with Crippen molar-refractivity contribution in [1.29, 1.82) is 0 Å². The van der Waals surface area contributed by atoms with Crippen LogP contribution in [0.25, 0.3) is 11.0 Å². The first-order valence-electron chi connectivity index (χ1n) is 12.2. The number of nitrogens with zero attached hydrogens (tertiary/aromatic N) is 1. The van der Waals surface area contributed by atoms with Crippen LogP contribution >= 0.6 is 0 Å². The highest BCUT2D eigenvalue weighted by Gasteiger charge is 2.36. The molecular weight excluding hydrogens is 452 g/mol. The van der Waals surface area contributed by atoms with Crippen LogP contribution < -0.4 is 15.6 Å². The maximum absolute atomic E-state index is 13.2. The second-order valence-corrected chi connectivity index (χ2v) is 9.99. The van der Waals surface area contributed by atoms with Gasteiger partial charge in [-0.05, 0) is 49.6 Å². The summed E-state index contributed by atoms with van der Waals surface area (Å²) in [7, 11) is 0. The third-order valence-corrected chi connectivity index (χ3v) is 7.24. The molecule has 36 heavy (non-hydrogen) atoms. The quantitative estimate of drug-likeness (QED) is 0.343. The number of anilines is 2. The molecule has 1 fully saturated rings. The Hall–Kier alpha value is -4.06. The van der Waals surface area contributed by atoms with Gasteiger partial charge in [0.15, 0.2) is 11.3 Å². The SMILES string of the molecule is Cc1cc(C(C)Nc2ccccc2C(=O)O)c2oc(N3CCC(C)(c4ccccc4)C3)cc(=O)c2c1. The molecule has 2 heterocycles. The lowest BCUT2D eigenvalue weighted by molar-refractivity contribution is 0.0698. The molecule has 1 aliphatic heterocycles. The van der Waals surface area contributed by atoms with Gasteiger partial charge in [0, 0.05) is 35.8 Å². The van der Waals surface area contributed by atoms with Gasteiger partial charge in [0.2, 0.25) is 0 Å². The van der Waals surface area contributed by atoms with Gasteiger partial charge in [-0.1, -0.05) is 55.5 Å². The molecule has 6 heteroatoms. The molecule has 0 saturated carbocycles. The Labute approximate surface area is 210 Å². The molecule has 1 aliphatic rings. The number of hydrogen-bond acceptors (Lipinski definition) is 5. The minimum absolute atomic E-state index is 0.0275. The number of nitrogens with one attached hydrogen (secondary N) is 1. The lowest BCUT2D eigenvalue weighted by Gasteiger charge is -2.26.